The summed E-state index contributed by atoms with van der Waals surface area (Å²) in [5.41, 5.74) is 1.02. The van der Waals surface area contributed by atoms with E-state index in [1.807, 2.05) is 22.9 Å². The van der Waals surface area contributed by atoms with Crippen molar-refractivity contribution in [3.8, 4) is 11.5 Å². The molecule has 2 aromatic rings. The van der Waals surface area contributed by atoms with Crippen molar-refractivity contribution in [3.63, 3.8) is 0 Å². The van der Waals surface area contributed by atoms with E-state index >= 15 is 0 Å². The van der Waals surface area contributed by atoms with E-state index in [1.165, 1.54) is 0 Å². The van der Waals surface area contributed by atoms with E-state index in [2.05, 4.69) is 51.8 Å². The summed E-state index contributed by atoms with van der Waals surface area (Å²) in [4.78, 5) is 4.85. The van der Waals surface area contributed by atoms with Crippen LogP contribution >= 0.6 is 0 Å². The molecule has 0 bridgehead atoms. The van der Waals surface area contributed by atoms with Crippen LogP contribution < -0.4 is 21.9 Å². The molecular formula is C22H34ClN6O2-. The van der Waals surface area contributed by atoms with Crippen molar-refractivity contribution in [2.45, 2.75) is 32.9 Å². The Morgan fingerprint density at radius 1 is 1.13 bits per heavy atom. The fourth-order valence-electron chi connectivity index (χ4n) is 3.96. The summed E-state index contributed by atoms with van der Waals surface area (Å²) >= 11 is 0. The minimum atomic E-state index is -0.108. The highest BCUT2D eigenvalue weighted by atomic mass is 35.5. The van der Waals surface area contributed by atoms with Gasteiger partial charge in [0.2, 0.25) is 0 Å². The van der Waals surface area contributed by atoms with E-state index < -0.39 is 0 Å². The molecule has 172 valence electrons. The zero-order valence-electron chi connectivity index (χ0n) is 19.0. The molecule has 0 amide bonds. The monoisotopic (exact) mass is 449 g/mol. The lowest BCUT2D eigenvalue weighted by Crippen LogP contribution is -3.00. The number of tetrazole rings is 1. The van der Waals surface area contributed by atoms with Gasteiger partial charge in [-0.1, -0.05) is 32.1 Å². The largest absolute Gasteiger partial charge is 1.00 e. The maximum absolute atomic E-state index is 5.78. The second kappa shape index (κ2) is 12.0. The molecule has 0 saturated carbocycles. The quantitative estimate of drug-likeness (QED) is 0.458. The highest BCUT2D eigenvalue weighted by Gasteiger charge is 2.33. The van der Waals surface area contributed by atoms with Gasteiger partial charge < -0.3 is 21.9 Å². The Bertz CT molecular complexity index is 820. The maximum atomic E-state index is 5.78. The summed E-state index contributed by atoms with van der Waals surface area (Å²) in [6, 6.07) is 5.90. The second-order valence-electron chi connectivity index (χ2n) is 8.05. The minimum absolute atomic E-state index is 0. The predicted octanol–water partition coefficient (Wildman–Crippen LogP) is -0.367. The van der Waals surface area contributed by atoms with Gasteiger partial charge in [-0.3, -0.25) is 9.80 Å². The molecule has 1 fully saturated rings. The van der Waals surface area contributed by atoms with Crippen LogP contribution in [0.15, 0.2) is 30.9 Å². The number of hydrogen-bond acceptors (Lipinski definition) is 7. The second-order valence-corrected chi connectivity index (χ2v) is 8.05. The van der Waals surface area contributed by atoms with E-state index in [9.17, 15) is 0 Å². The maximum Gasteiger partial charge on any atom is 0.173 e. The van der Waals surface area contributed by atoms with Gasteiger partial charge in [0.25, 0.3) is 0 Å². The standard InChI is InChI=1S/C22H34N6O2.ClH/c1-6-11-26-13-15-27(16-14-26)20(18-8-7-9-19(29-4)21(18)30-5)22-23-24-25-28(22)12-10-17(2)3;/h6-9,17,20H,1,10-16H2,2-5H3;1H/p-1. The average Bonchev–Trinajstić information content (AvgIpc) is 3.21. The highest BCUT2D eigenvalue weighted by molar-refractivity contribution is 5.49. The fourth-order valence-corrected chi connectivity index (χ4v) is 3.96. The molecule has 0 radical (unpaired) electrons. The Labute approximate surface area is 191 Å². The molecule has 9 heteroatoms. The van der Waals surface area contributed by atoms with Gasteiger partial charge in [-0.25, -0.2) is 4.68 Å². The van der Waals surface area contributed by atoms with Crippen molar-refractivity contribution in [1.82, 2.24) is 30.0 Å². The predicted molar refractivity (Wildman–Crippen MR) is 117 cm³/mol. The Kier molecular flexibility index (Phi) is 9.74. The van der Waals surface area contributed by atoms with Gasteiger partial charge in [0.05, 0.1) is 14.2 Å². The van der Waals surface area contributed by atoms with E-state index in [4.69, 9.17) is 9.47 Å². The molecule has 1 aromatic carbocycles. The van der Waals surface area contributed by atoms with Crippen LogP contribution in [0.5, 0.6) is 11.5 Å². The Morgan fingerprint density at radius 2 is 1.87 bits per heavy atom. The smallest absolute Gasteiger partial charge is 0.173 e. The van der Waals surface area contributed by atoms with Gasteiger partial charge in [-0.15, -0.1) is 11.7 Å². The van der Waals surface area contributed by atoms with Crippen molar-refractivity contribution in [1.29, 1.82) is 0 Å². The van der Waals surface area contributed by atoms with Crippen LogP contribution in [-0.4, -0.2) is 77.0 Å². The van der Waals surface area contributed by atoms with Crippen LogP contribution in [0.1, 0.15) is 37.7 Å². The van der Waals surface area contributed by atoms with Gasteiger partial charge in [0.1, 0.15) is 6.04 Å². The number of nitrogens with zero attached hydrogens (tertiary/aromatic N) is 6. The third-order valence-corrected chi connectivity index (χ3v) is 5.61. The first-order valence-electron chi connectivity index (χ1n) is 10.6. The number of aromatic nitrogens is 4. The summed E-state index contributed by atoms with van der Waals surface area (Å²) in [7, 11) is 3.35. The summed E-state index contributed by atoms with van der Waals surface area (Å²) in [6.45, 7) is 13.8. The summed E-state index contributed by atoms with van der Waals surface area (Å²) in [5.74, 6) is 2.87. The highest BCUT2D eigenvalue weighted by Crippen LogP contribution is 2.39. The molecule has 1 aromatic heterocycles. The first-order chi connectivity index (χ1) is 14.6. The molecule has 0 N–H and O–H groups in total. The SMILES string of the molecule is C=CCN1CCN(C(c2cccc(OC)c2OC)c2nnnn2CCC(C)C)CC1.[Cl-]. The van der Waals surface area contributed by atoms with Gasteiger partial charge in [0, 0.05) is 44.8 Å². The van der Waals surface area contributed by atoms with Crippen LogP contribution in [0.3, 0.4) is 0 Å². The first kappa shape index (κ1) is 25.1. The van der Waals surface area contributed by atoms with Crippen LogP contribution in [0, 0.1) is 5.92 Å². The Hall–Kier alpha value is -2.16. The number of halogens is 1. The number of para-hydroxylation sites is 1. The average molecular weight is 450 g/mol. The zero-order valence-corrected chi connectivity index (χ0v) is 19.8. The van der Waals surface area contributed by atoms with Crippen molar-refractivity contribution in [2.24, 2.45) is 5.92 Å². The van der Waals surface area contributed by atoms with E-state index in [1.54, 1.807) is 14.2 Å². The summed E-state index contributed by atoms with van der Waals surface area (Å²) in [6.07, 6.45) is 2.98. The molecule has 1 atom stereocenters. The van der Waals surface area contributed by atoms with Crippen LogP contribution in [0.4, 0.5) is 0 Å². The Balaban J connectivity index is 0.00000341. The van der Waals surface area contributed by atoms with Crippen LogP contribution in [0.25, 0.3) is 0 Å². The molecule has 8 nitrogen and oxygen atoms in total. The number of hydrogen-bond donors (Lipinski definition) is 0. The summed E-state index contributed by atoms with van der Waals surface area (Å²) < 4.78 is 13.3. The normalized spacial score (nSPS) is 16.0. The van der Waals surface area contributed by atoms with Gasteiger partial charge in [0.15, 0.2) is 17.3 Å². The van der Waals surface area contributed by atoms with Crippen molar-refractivity contribution >= 4 is 0 Å². The molecule has 0 aliphatic carbocycles. The fraction of sp³-hybridized carbons (Fsp3) is 0.591. The molecule has 0 spiro atoms. The molecule has 1 aliphatic rings. The molecule has 2 heterocycles. The lowest BCUT2D eigenvalue weighted by molar-refractivity contribution is -0.00000709. The molecule has 3 rings (SSSR count). The number of aryl methyl sites for hydroxylation is 1. The topological polar surface area (TPSA) is 68.5 Å². The molecule has 31 heavy (non-hydrogen) atoms. The number of piperazine rings is 1. The number of methoxy groups -OCH3 is 2. The van der Waals surface area contributed by atoms with Crippen molar-refractivity contribution < 1.29 is 21.9 Å². The van der Waals surface area contributed by atoms with Gasteiger partial charge >= 0.3 is 0 Å². The Morgan fingerprint density at radius 3 is 2.48 bits per heavy atom. The number of benzene rings is 1. The third kappa shape index (κ3) is 5.96. The van der Waals surface area contributed by atoms with Crippen LogP contribution in [0.2, 0.25) is 0 Å². The lowest BCUT2D eigenvalue weighted by atomic mass is 10.0. The van der Waals surface area contributed by atoms with E-state index in [0.717, 1.165) is 62.8 Å². The molecule has 1 saturated heterocycles. The first-order valence-corrected chi connectivity index (χ1v) is 10.6. The number of ether oxygens (including phenoxy) is 2. The van der Waals surface area contributed by atoms with Crippen LogP contribution in [-0.2, 0) is 6.54 Å². The minimum Gasteiger partial charge on any atom is -1.00 e. The van der Waals surface area contributed by atoms with Gasteiger partial charge in [-0.05, 0) is 28.8 Å². The van der Waals surface area contributed by atoms with E-state index in [0.29, 0.717) is 11.7 Å². The summed E-state index contributed by atoms with van der Waals surface area (Å²) in [5, 5.41) is 12.8. The van der Waals surface area contributed by atoms with Crippen molar-refractivity contribution in [3.05, 3.63) is 42.2 Å². The van der Waals surface area contributed by atoms with Gasteiger partial charge in [-0.2, -0.15) is 0 Å². The third-order valence-electron chi connectivity index (χ3n) is 5.61. The number of rotatable bonds is 10. The molecule has 1 unspecified atom stereocenters. The van der Waals surface area contributed by atoms with E-state index in [-0.39, 0.29) is 18.4 Å². The molecular weight excluding hydrogens is 416 g/mol. The van der Waals surface area contributed by atoms with Crippen molar-refractivity contribution in [2.75, 3.05) is 46.9 Å². The lowest BCUT2D eigenvalue weighted by Gasteiger charge is -2.39. The molecule has 1 aliphatic heterocycles. The zero-order chi connectivity index (χ0) is 21.5.